The summed E-state index contributed by atoms with van der Waals surface area (Å²) in [6.07, 6.45) is 0.564. The zero-order valence-electron chi connectivity index (χ0n) is 47.3. The smallest absolute Gasteiger partial charge is 0.326 e. The predicted molar refractivity (Wildman–Crippen MR) is 296 cm³/mol. The van der Waals surface area contributed by atoms with Crippen LogP contribution < -0.4 is 53.6 Å². The number of H-pyrrole nitrogens is 1. The lowest BCUT2D eigenvalue weighted by Crippen LogP contribution is -2.62. The molecule has 0 unspecified atom stereocenters. The van der Waals surface area contributed by atoms with Crippen LogP contribution in [-0.2, 0) is 76.8 Å². The van der Waals surface area contributed by atoms with Crippen LogP contribution in [0, 0.1) is 11.8 Å². The molecule has 1 aliphatic heterocycles. The number of rotatable bonds is 31. The number of imidazole rings is 1. The molecule has 28 heteroatoms. The van der Waals surface area contributed by atoms with Gasteiger partial charge in [0.05, 0.1) is 31.4 Å². The lowest BCUT2D eigenvalue weighted by Gasteiger charge is -2.32. The van der Waals surface area contributed by atoms with Gasteiger partial charge in [-0.3, -0.25) is 52.7 Å². The molecular formula is C55H77N13O15. The number of hydrogen-bond donors (Lipinski definition) is 14. The SMILES string of the molecule is CC(C)[C@H](NC(=O)[C@H](CC(=O)O)NC(=O)[C@@H](NC(=O)[C@@H]1CCCN1C(=O)[C@@H](NC(=O)[C@@H](N)Cc1ccccc1)C(C)C)[C@@H](C)O)C(=O)NCC(=O)N[C@@H](C)C(=O)N[C@@H](Cc1cnc[nH]1)C(=O)N[C@@H](C)C(=O)N[C@@H](Cc1ccccc1)C(=O)O. The summed E-state index contributed by atoms with van der Waals surface area (Å²) in [7, 11) is 0. The number of benzene rings is 2. The van der Waals surface area contributed by atoms with Crippen LogP contribution in [0.2, 0.25) is 0 Å². The van der Waals surface area contributed by atoms with E-state index < -0.39 is 162 Å². The number of likely N-dealkylation sites (tertiary alicyclic amines) is 1. The lowest BCUT2D eigenvalue weighted by molar-refractivity contribution is -0.144. The Morgan fingerprint density at radius 3 is 1.69 bits per heavy atom. The fourth-order valence-corrected chi connectivity index (χ4v) is 8.79. The van der Waals surface area contributed by atoms with Crippen molar-refractivity contribution < 1.29 is 72.9 Å². The fourth-order valence-electron chi connectivity index (χ4n) is 8.79. The normalized spacial score (nSPS) is 16.6. The van der Waals surface area contributed by atoms with E-state index in [1.807, 2.05) is 18.2 Å². The van der Waals surface area contributed by atoms with Crippen molar-refractivity contribution >= 4 is 71.0 Å². The van der Waals surface area contributed by atoms with Crippen molar-refractivity contribution in [1.82, 2.24) is 62.7 Å². The number of carboxylic acid groups (broad SMARTS) is 2. The summed E-state index contributed by atoms with van der Waals surface area (Å²) in [4.78, 5) is 167. The number of aromatic amines is 1. The molecule has 1 aliphatic rings. The maximum atomic E-state index is 14.0. The monoisotopic (exact) mass is 1160 g/mol. The second kappa shape index (κ2) is 32.0. The first-order chi connectivity index (χ1) is 39.2. The Hall–Kier alpha value is -8.79. The molecule has 0 saturated carbocycles. The van der Waals surface area contributed by atoms with E-state index in [1.54, 1.807) is 56.3 Å². The van der Waals surface area contributed by atoms with Crippen molar-refractivity contribution in [3.05, 3.63) is 90.0 Å². The minimum absolute atomic E-state index is 0.0371. The van der Waals surface area contributed by atoms with Crippen molar-refractivity contribution in [2.75, 3.05) is 13.1 Å². The van der Waals surface area contributed by atoms with Crippen LogP contribution >= 0.6 is 0 Å². The molecular weight excluding hydrogens is 1080 g/mol. The summed E-state index contributed by atoms with van der Waals surface area (Å²) >= 11 is 0. The van der Waals surface area contributed by atoms with Crippen molar-refractivity contribution in [1.29, 1.82) is 0 Å². The number of carbonyl (C=O) groups excluding carboxylic acids is 10. The first-order valence-corrected chi connectivity index (χ1v) is 27.1. The Bertz CT molecular complexity index is 2750. The Labute approximate surface area is 479 Å². The largest absolute Gasteiger partial charge is 0.481 e. The van der Waals surface area contributed by atoms with Gasteiger partial charge in [0.25, 0.3) is 0 Å². The van der Waals surface area contributed by atoms with Crippen molar-refractivity contribution in [3.63, 3.8) is 0 Å². The second-order valence-electron chi connectivity index (χ2n) is 21.0. The Morgan fingerprint density at radius 2 is 1.14 bits per heavy atom. The quantitative estimate of drug-likeness (QED) is 0.0306. The molecule has 11 atom stereocenters. The van der Waals surface area contributed by atoms with Gasteiger partial charge in [-0.25, -0.2) is 9.78 Å². The van der Waals surface area contributed by atoms with Crippen LogP contribution in [0.25, 0.3) is 0 Å². The van der Waals surface area contributed by atoms with Crippen molar-refractivity contribution in [3.8, 4) is 0 Å². The summed E-state index contributed by atoms with van der Waals surface area (Å²) < 4.78 is 0. The molecule has 2 aromatic carbocycles. The fraction of sp³-hybridized carbons (Fsp3) is 0.509. The third kappa shape index (κ3) is 20.9. The van der Waals surface area contributed by atoms with Gasteiger partial charge >= 0.3 is 11.9 Å². The number of nitrogens with one attached hydrogen (secondary N) is 10. The van der Waals surface area contributed by atoms with Gasteiger partial charge in [-0.05, 0) is 63.0 Å². The number of hydrogen-bond acceptors (Lipinski definition) is 15. The van der Waals surface area contributed by atoms with Gasteiger partial charge in [0, 0.05) is 31.3 Å². The van der Waals surface area contributed by atoms with Crippen LogP contribution in [0.3, 0.4) is 0 Å². The standard InChI is InChI=1S/C55H77N13O15/c1-28(2)43(52(79)58-26-41(70)60-30(5)46(73)62-37(23-35-25-57-27-59-35)49(76)61-31(6)47(74)64-39(55(82)83)22-34-17-12-9-13-18-34)65-50(77)38(24-42(71)72)63-53(80)45(32(7)69)67-51(78)40-19-14-20-68(40)54(81)44(29(3)4)66-48(75)36(56)21-33-15-10-8-11-16-33/h8-13,15-18,25,27-32,36-40,43-45,69H,14,19-24,26,56H2,1-7H3,(H,57,59)(H,58,79)(H,60,70)(H,61,76)(H,62,73)(H,63,80)(H,64,74)(H,65,77)(H,66,75)(H,67,78)(H,71,72)(H,82,83)/t30-,31-,32+,36-,37-,38-,39-,40-,43-,44-,45-/m0/s1. The molecule has 0 aliphatic carbocycles. The molecule has 0 radical (unpaired) electrons. The van der Waals surface area contributed by atoms with Gasteiger partial charge in [0.15, 0.2) is 0 Å². The van der Waals surface area contributed by atoms with Gasteiger partial charge in [-0.15, -0.1) is 0 Å². The van der Waals surface area contributed by atoms with Crippen molar-refractivity contribution in [2.45, 2.75) is 154 Å². The van der Waals surface area contributed by atoms with Crippen LogP contribution in [-0.4, -0.2) is 181 Å². The van der Waals surface area contributed by atoms with E-state index in [0.717, 1.165) is 12.5 Å². The molecule has 1 saturated heterocycles. The molecule has 28 nitrogen and oxygen atoms in total. The molecule has 0 spiro atoms. The average molecular weight is 1160 g/mol. The molecule has 3 aromatic rings. The topological polar surface area (TPSA) is 432 Å². The molecule has 452 valence electrons. The number of carbonyl (C=O) groups is 12. The van der Waals surface area contributed by atoms with Crippen LogP contribution in [0.5, 0.6) is 0 Å². The van der Waals surface area contributed by atoms with Gasteiger partial charge in [0.1, 0.15) is 54.4 Å². The number of aliphatic carboxylic acids is 2. The molecule has 4 rings (SSSR count). The molecule has 1 fully saturated rings. The maximum absolute atomic E-state index is 14.0. The summed E-state index contributed by atoms with van der Waals surface area (Å²) in [5, 5.41) is 52.0. The molecule has 0 bridgehead atoms. The highest BCUT2D eigenvalue weighted by molar-refractivity contribution is 5.99. The Balaban J connectivity index is 1.34. The molecule has 15 N–H and O–H groups in total. The summed E-state index contributed by atoms with van der Waals surface area (Å²) in [6.45, 7) is 9.53. The Morgan fingerprint density at radius 1 is 0.602 bits per heavy atom. The van der Waals surface area contributed by atoms with E-state index in [-0.39, 0.29) is 32.2 Å². The minimum atomic E-state index is -1.89. The summed E-state index contributed by atoms with van der Waals surface area (Å²) in [5.41, 5.74) is 8.04. The zero-order valence-corrected chi connectivity index (χ0v) is 47.3. The third-order valence-corrected chi connectivity index (χ3v) is 13.5. The number of nitrogens with zero attached hydrogens (tertiary/aromatic N) is 2. The number of aliphatic hydroxyl groups is 1. The first kappa shape index (κ1) is 66.7. The summed E-state index contributed by atoms with van der Waals surface area (Å²) in [5.74, 6) is -12.8. The molecule has 10 amide bonds. The maximum Gasteiger partial charge on any atom is 0.326 e. The average Bonchev–Trinajstić information content (AvgIpc) is 4.38. The number of aromatic nitrogens is 2. The highest BCUT2D eigenvalue weighted by Gasteiger charge is 2.42. The first-order valence-electron chi connectivity index (χ1n) is 27.1. The number of carboxylic acids is 2. The van der Waals surface area contributed by atoms with E-state index in [0.29, 0.717) is 17.7 Å². The second-order valence-corrected chi connectivity index (χ2v) is 21.0. The van der Waals surface area contributed by atoms with E-state index in [2.05, 4.69) is 57.8 Å². The van der Waals surface area contributed by atoms with Gasteiger partial charge in [-0.1, -0.05) is 88.4 Å². The van der Waals surface area contributed by atoms with Gasteiger partial charge in [-0.2, -0.15) is 0 Å². The van der Waals surface area contributed by atoms with Crippen LogP contribution in [0.15, 0.2) is 73.2 Å². The van der Waals surface area contributed by atoms with E-state index in [1.165, 1.54) is 45.1 Å². The van der Waals surface area contributed by atoms with Crippen molar-refractivity contribution in [2.24, 2.45) is 17.6 Å². The van der Waals surface area contributed by atoms with E-state index in [9.17, 15) is 72.9 Å². The highest BCUT2D eigenvalue weighted by atomic mass is 16.4. The summed E-state index contributed by atoms with van der Waals surface area (Å²) in [6, 6.07) is 3.92. The lowest BCUT2D eigenvalue weighted by atomic mass is 10.00. The van der Waals surface area contributed by atoms with Crippen LogP contribution in [0.4, 0.5) is 0 Å². The van der Waals surface area contributed by atoms with Gasteiger partial charge in [0.2, 0.25) is 59.1 Å². The van der Waals surface area contributed by atoms with E-state index >= 15 is 0 Å². The third-order valence-electron chi connectivity index (χ3n) is 13.5. The minimum Gasteiger partial charge on any atom is -0.481 e. The number of amides is 10. The predicted octanol–water partition coefficient (Wildman–Crippen LogP) is -2.96. The highest BCUT2D eigenvalue weighted by Crippen LogP contribution is 2.21. The molecule has 83 heavy (non-hydrogen) atoms. The van der Waals surface area contributed by atoms with Crippen LogP contribution in [0.1, 0.15) is 84.5 Å². The Kier molecular flexibility index (Phi) is 25.7. The number of nitrogens with two attached hydrogens (primary N) is 1. The number of aliphatic hydroxyl groups excluding tert-OH is 1. The van der Waals surface area contributed by atoms with E-state index in [4.69, 9.17) is 5.73 Å². The zero-order chi connectivity index (χ0) is 61.7. The van der Waals surface area contributed by atoms with Gasteiger partial charge < -0.3 is 78.8 Å². The molecule has 2 heterocycles. The molecule has 1 aromatic heterocycles.